The molecule has 0 spiro atoms. The van der Waals surface area contributed by atoms with Crippen molar-refractivity contribution >= 4 is 0 Å². The molecule has 0 aromatic heterocycles. The second-order valence-corrected chi connectivity index (χ2v) is 12.9. The number of hydrogen-bond acceptors (Lipinski definition) is 5. The fourth-order valence-electron chi connectivity index (χ4n) is 5.86. The quantitative estimate of drug-likeness (QED) is 0.211. The van der Waals surface area contributed by atoms with E-state index in [0.717, 1.165) is 72.3 Å². The minimum atomic E-state index is -0.0960. The van der Waals surface area contributed by atoms with E-state index in [1.54, 1.807) is 7.11 Å². The molecule has 1 heterocycles. The number of para-hydroxylation sites is 2. The lowest BCUT2D eigenvalue weighted by Gasteiger charge is -2.31. The van der Waals surface area contributed by atoms with Crippen molar-refractivity contribution < 1.29 is 14.9 Å². The van der Waals surface area contributed by atoms with Crippen LogP contribution in [0.1, 0.15) is 89.5 Å². The molecule has 3 N–H and O–H groups in total. The van der Waals surface area contributed by atoms with Gasteiger partial charge in [0.15, 0.2) is 0 Å². The van der Waals surface area contributed by atoms with Gasteiger partial charge in [0.1, 0.15) is 17.2 Å². The van der Waals surface area contributed by atoms with Gasteiger partial charge in [-0.1, -0.05) is 90.1 Å². The van der Waals surface area contributed by atoms with Crippen molar-refractivity contribution in [2.24, 2.45) is 0 Å². The highest BCUT2D eigenvalue weighted by Gasteiger charge is 2.29. The van der Waals surface area contributed by atoms with Crippen molar-refractivity contribution in [1.29, 1.82) is 0 Å². The number of hydrogen-bond donors (Lipinski definition) is 3. The summed E-state index contributed by atoms with van der Waals surface area (Å²) >= 11 is 0. The third-order valence-corrected chi connectivity index (χ3v) is 9.55. The number of benzene rings is 3. The Morgan fingerprint density at radius 1 is 0.878 bits per heavy atom. The summed E-state index contributed by atoms with van der Waals surface area (Å²) in [5, 5.41) is 26.3. The van der Waals surface area contributed by atoms with Crippen LogP contribution in [0.4, 0.5) is 0 Å². The minimum absolute atomic E-state index is 0.0452. The molecule has 4 rings (SSSR count). The smallest absolute Gasteiger partial charge is 0.128 e. The van der Waals surface area contributed by atoms with Crippen LogP contribution in [0.15, 0.2) is 54.6 Å². The molecule has 0 amide bonds. The molecule has 0 bridgehead atoms. The monoisotopic (exact) mass is 558 g/mol. The largest absolute Gasteiger partial charge is 0.507 e. The van der Waals surface area contributed by atoms with Crippen LogP contribution in [0.2, 0.25) is 0 Å². The first kappa shape index (κ1) is 30.9. The van der Waals surface area contributed by atoms with E-state index in [1.165, 1.54) is 5.56 Å². The van der Waals surface area contributed by atoms with Gasteiger partial charge in [-0.05, 0) is 54.7 Å². The third-order valence-electron chi connectivity index (χ3n) is 9.55. The Hall–Kier alpha value is -3.02. The van der Waals surface area contributed by atoms with Gasteiger partial charge < -0.3 is 20.3 Å². The number of rotatable bonds is 12. The van der Waals surface area contributed by atoms with Crippen molar-refractivity contribution in [2.45, 2.75) is 97.2 Å². The van der Waals surface area contributed by atoms with Crippen LogP contribution in [-0.4, -0.2) is 41.4 Å². The molecule has 1 aliphatic rings. The van der Waals surface area contributed by atoms with E-state index in [2.05, 4.69) is 63.9 Å². The molecule has 0 aliphatic carbocycles. The molecule has 0 radical (unpaired) electrons. The van der Waals surface area contributed by atoms with E-state index < -0.39 is 0 Å². The first-order chi connectivity index (χ1) is 19.5. The molecule has 41 heavy (non-hydrogen) atoms. The summed E-state index contributed by atoms with van der Waals surface area (Å²) in [5.74, 6) is 1.51. The second-order valence-electron chi connectivity index (χ2n) is 12.9. The van der Waals surface area contributed by atoms with Crippen molar-refractivity contribution in [1.82, 2.24) is 10.2 Å². The first-order valence-corrected chi connectivity index (χ1v) is 15.3. The van der Waals surface area contributed by atoms with Crippen LogP contribution in [0, 0.1) is 0 Å². The highest BCUT2D eigenvalue weighted by Crippen LogP contribution is 2.41. The number of aromatic hydroxyl groups is 2. The molecule has 3 aromatic carbocycles. The Labute approximate surface area is 247 Å². The Balaban J connectivity index is 1.49. The first-order valence-electron chi connectivity index (χ1n) is 15.3. The molecule has 5 heteroatoms. The maximum Gasteiger partial charge on any atom is 0.128 e. The van der Waals surface area contributed by atoms with Gasteiger partial charge in [0, 0.05) is 53.5 Å². The van der Waals surface area contributed by atoms with Crippen LogP contribution in [-0.2, 0) is 23.9 Å². The third kappa shape index (κ3) is 6.73. The Kier molecular flexibility index (Phi) is 9.71. The lowest BCUT2D eigenvalue weighted by molar-refractivity contribution is 0.236. The van der Waals surface area contributed by atoms with Gasteiger partial charge in [-0.3, -0.25) is 4.90 Å². The lowest BCUT2D eigenvalue weighted by Crippen LogP contribution is -2.37. The highest BCUT2D eigenvalue weighted by atomic mass is 16.5. The summed E-state index contributed by atoms with van der Waals surface area (Å²) in [7, 11) is 1.66. The average molecular weight is 559 g/mol. The summed E-state index contributed by atoms with van der Waals surface area (Å²) in [5.41, 5.74) is 5.89. The number of phenolic OH excluding ortho intramolecular Hbond substituents is 2. The number of nitrogens with zero attached hydrogens (tertiary/aromatic N) is 1. The van der Waals surface area contributed by atoms with Crippen LogP contribution < -0.4 is 10.1 Å². The average Bonchev–Trinajstić information content (AvgIpc) is 3.41. The number of phenols is 2. The van der Waals surface area contributed by atoms with Gasteiger partial charge in [-0.15, -0.1) is 0 Å². The van der Waals surface area contributed by atoms with E-state index >= 15 is 0 Å². The van der Waals surface area contributed by atoms with Gasteiger partial charge in [0.05, 0.1) is 7.11 Å². The predicted octanol–water partition coefficient (Wildman–Crippen LogP) is 7.90. The summed E-state index contributed by atoms with van der Waals surface area (Å²) < 4.78 is 5.55. The molecular formula is C36H50N2O3. The van der Waals surface area contributed by atoms with Crippen molar-refractivity contribution in [2.75, 3.05) is 20.2 Å². The number of nitrogens with one attached hydrogen (secondary N) is 1. The maximum absolute atomic E-state index is 11.4. The topological polar surface area (TPSA) is 65.0 Å². The zero-order valence-corrected chi connectivity index (χ0v) is 26.2. The highest BCUT2D eigenvalue weighted by molar-refractivity contribution is 5.76. The molecule has 1 atom stereocenters. The molecule has 222 valence electrons. The van der Waals surface area contributed by atoms with E-state index in [-0.39, 0.29) is 10.8 Å². The summed E-state index contributed by atoms with van der Waals surface area (Å²) in [6.45, 7) is 16.6. The van der Waals surface area contributed by atoms with Crippen LogP contribution in [0.3, 0.4) is 0 Å². The van der Waals surface area contributed by atoms with Crippen molar-refractivity contribution in [3.63, 3.8) is 0 Å². The molecule has 3 aromatic rings. The Morgan fingerprint density at radius 3 is 2.29 bits per heavy atom. The number of methoxy groups -OCH3 is 1. The zero-order valence-electron chi connectivity index (χ0n) is 26.2. The zero-order chi connectivity index (χ0) is 29.8. The molecule has 5 nitrogen and oxygen atoms in total. The maximum atomic E-state index is 11.4. The SMILES string of the molecule is CCC(C)(C)c1cc(CNC[C@@H]2CCCN2Cc2cccc(-c3ccccc3OC)c2O)c(O)c(C(C)(C)CC)c1. The summed E-state index contributed by atoms with van der Waals surface area (Å²) in [4.78, 5) is 2.47. The molecule has 1 fully saturated rings. The van der Waals surface area contributed by atoms with Gasteiger partial charge in [0.25, 0.3) is 0 Å². The van der Waals surface area contributed by atoms with E-state index in [4.69, 9.17) is 4.74 Å². The number of ether oxygens (including phenoxy) is 1. The number of likely N-dealkylation sites (tertiary alicyclic amines) is 1. The van der Waals surface area contributed by atoms with Gasteiger partial charge in [-0.2, -0.15) is 0 Å². The Morgan fingerprint density at radius 2 is 1.59 bits per heavy atom. The summed E-state index contributed by atoms with van der Waals surface area (Å²) in [6, 6.07) is 18.6. The van der Waals surface area contributed by atoms with Crippen molar-refractivity contribution in [3.8, 4) is 28.4 Å². The van der Waals surface area contributed by atoms with E-state index in [0.29, 0.717) is 30.6 Å². The molecular weight excluding hydrogens is 508 g/mol. The predicted molar refractivity (Wildman–Crippen MR) is 170 cm³/mol. The Bertz CT molecular complexity index is 1330. The van der Waals surface area contributed by atoms with Gasteiger partial charge >= 0.3 is 0 Å². The molecule has 0 saturated carbocycles. The fourth-order valence-corrected chi connectivity index (χ4v) is 5.86. The van der Waals surface area contributed by atoms with Crippen LogP contribution >= 0.6 is 0 Å². The van der Waals surface area contributed by atoms with Crippen LogP contribution in [0.5, 0.6) is 17.2 Å². The second kappa shape index (κ2) is 12.9. The standard InChI is InChI=1S/C36H50N2O3/c1-8-35(3,4)27-20-26(34(40)31(21-27)36(5,6)9-2)22-37-23-28-15-13-19-38(28)24-25-14-12-17-30(33(25)39)29-16-10-11-18-32(29)41-7/h10-12,14,16-18,20-21,28,37,39-40H,8-9,13,15,19,22-24H2,1-7H3/t28-/m0/s1. The van der Waals surface area contributed by atoms with Gasteiger partial charge in [-0.25, -0.2) is 0 Å². The van der Waals surface area contributed by atoms with Gasteiger partial charge in [0.2, 0.25) is 0 Å². The fraction of sp³-hybridized carbons (Fsp3) is 0.500. The minimum Gasteiger partial charge on any atom is -0.507 e. The normalized spacial score (nSPS) is 16.3. The van der Waals surface area contributed by atoms with E-state index in [9.17, 15) is 10.2 Å². The lowest BCUT2D eigenvalue weighted by atomic mass is 9.75. The molecule has 0 unspecified atom stereocenters. The van der Waals surface area contributed by atoms with Crippen LogP contribution in [0.25, 0.3) is 11.1 Å². The van der Waals surface area contributed by atoms with E-state index in [1.807, 2.05) is 42.5 Å². The molecule has 1 aliphatic heterocycles. The summed E-state index contributed by atoms with van der Waals surface area (Å²) in [6.07, 6.45) is 4.26. The molecule has 1 saturated heterocycles. The van der Waals surface area contributed by atoms with Crippen molar-refractivity contribution in [3.05, 3.63) is 76.9 Å².